The summed E-state index contributed by atoms with van der Waals surface area (Å²) in [5.74, 6) is 0. The molecule has 86 valence electrons. The third-order valence-electron chi connectivity index (χ3n) is 3.25. The lowest BCUT2D eigenvalue weighted by Gasteiger charge is -2.07. The van der Waals surface area contributed by atoms with Crippen LogP contribution in [-0.2, 0) is 11.5 Å². The highest BCUT2D eigenvalue weighted by atomic mass is 16.5. The first-order chi connectivity index (χ1) is 8.33. The lowest BCUT2D eigenvalue weighted by Crippen LogP contribution is -1.99. The van der Waals surface area contributed by atoms with Crippen molar-refractivity contribution in [2.45, 2.75) is 13.7 Å². The Labute approximate surface area is 100 Å². The molecule has 0 atom stereocenters. The predicted molar refractivity (Wildman–Crippen MR) is 71.2 cm³/mol. The molecule has 0 saturated heterocycles. The van der Waals surface area contributed by atoms with Gasteiger partial charge in [-0.2, -0.15) is 0 Å². The number of nitrogens with zero attached hydrogens (tertiary/aromatic N) is 1. The van der Waals surface area contributed by atoms with Gasteiger partial charge in [-0.05, 0) is 18.6 Å². The fourth-order valence-electron chi connectivity index (χ4n) is 2.55. The van der Waals surface area contributed by atoms with E-state index >= 15 is 0 Å². The van der Waals surface area contributed by atoms with E-state index in [0.29, 0.717) is 6.73 Å². The van der Waals surface area contributed by atoms with Crippen LogP contribution in [-0.4, -0.2) is 11.7 Å². The number of methoxy groups -OCH3 is 1. The molecule has 0 aliphatic heterocycles. The number of para-hydroxylation sites is 2. The molecule has 17 heavy (non-hydrogen) atoms. The van der Waals surface area contributed by atoms with E-state index in [0.717, 1.165) is 0 Å². The third kappa shape index (κ3) is 1.45. The molecular formula is C15H15NO. The monoisotopic (exact) mass is 225 g/mol. The molecule has 2 nitrogen and oxygen atoms in total. The summed E-state index contributed by atoms with van der Waals surface area (Å²) in [4.78, 5) is 0. The molecule has 0 spiro atoms. The van der Waals surface area contributed by atoms with Gasteiger partial charge in [-0.25, -0.2) is 0 Å². The fraction of sp³-hybridized carbons (Fsp3) is 0.200. The van der Waals surface area contributed by atoms with Gasteiger partial charge in [0, 0.05) is 17.9 Å². The summed E-state index contributed by atoms with van der Waals surface area (Å²) in [6.07, 6.45) is 0. The van der Waals surface area contributed by atoms with Crippen molar-refractivity contribution >= 4 is 21.8 Å². The molecule has 1 aromatic heterocycles. The van der Waals surface area contributed by atoms with E-state index in [2.05, 4.69) is 54.0 Å². The molecule has 0 aliphatic rings. The third-order valence-corrected chi connectivity index (χ3v) is 3.25. The second-order valence-corrected chi connectivity index (χ2v) is 4.33. The van der Waals surface area contributed by atoms with E-state index in [1.807, 2.05) is 0 Å². The Bertz CT molecular complexity index is 682. The van der Waals surface area contributed by atoms with Gasteiger partial charge in [-0.1, -0.05) is 36.4 Å². The average Bonchev–Trinajstić information content (AvgIpc) is 2.67. The zero-order valence-electron chi connectivity index (χ0n) is 10.1. The number of aryl methyl sites for hydroxylation is 1. The maximum absolute atomic E-state index is 5.32. The molecule has 3 rings (SSSR count). The van der Waals surface area contributed by atoms with Crippen molar-refractivity contribution in [2.75, 3.05) is 7.11 Å². The first kappa shape index (κ1) is 10.4. The molecule has 1 heterocycles. The van der Waals surface area contributed by atoms with E-state index in [4.69, 9.17) is 4.74 Å². The lowest BCUT2D eigenvalue weighted by molar-refractivity contribution is 0.138. The van der Waals surface area contributed by atoms with Crippen LogP contribution in [0.5, 0.6) is 0 Å². The van der Waals surface area contributed by atoms with Gasteiger partial charge in [0.1, 0.15) is 6.73 Å². The summed E-state index contributed by atoms with van der Waals surface area (Å²) in [5, 5.41) is 2.60. The molecule has 2 heteroatoms. The topological polar surface area (TPSA) is 14.2 Å². The van der Waals surface area contributed by atoms with E-state index < -0.39 is 0 Å². The Morgan fingerprint density at radius 3 is 2.59 bits per heavy atom. The first-order valence-electron chi connectivity index (χ1n) is 5.78. The highest BCUT2D eigenvalue weighted by Gasteiger charge is 2.10. The number of hydrogen-bond donors (Lipinski definition) is 0. The summed E-state index contributed by atoms with van der Waals surface area (Å²) in [6.45, 7) is 2.74. The Morgan fingerprint density at radius 1 is 1.00 bits per heavy atom. The van der Waals surface area contributed by atoms with Crippen LogP contribution in [0, 0.1) is 6.92 Å². The fourth-order valence-corrected chi connectivity index (χ4v) is 2.55. The largest absolute Gasteiger partial charge is 0.364 e. The minimum Gasteiger partial charge on any atom is -0.364 e. The molecule has 0 saturated carbocycles. The standard InChI is InChI=1S/C15H15NO/c1-11-6-5-8-13-12-7-3-4-9-14(12)16(10-17-2)15(11)13/h3-9H,10H2,1-2H3. The van der Waals surface area contributed by atoms with Gasteiger partial charge in [0.2, 0.25) is 0 Å². The van der Waals surface area contributed by atoms with Crippen molar-refractivity contribution in [2.24, 2.45) is 0 Å². The van der Waals surface area contributed by atoms with E-state index in [9.17, 15) is 0 Å². The number of fused-ring (bicyclic) bond motifs is 3. The van der Waals surface area contributed by atoms with Crippen molar-refractivity contribution in [3.63, 3.8) is 0 Å². The van der Waals surface area contributed by atoms with Gasteiger partial charge in [-0.3, -0.25) is 0 Å². The highest BCUT2D eigenvalue weighted by Crippen LogP contribution is 2.30. The van der Waals surface area contributed by atoms with Crippen molar-refractivity contribution in [3.8, 4) is 0 Å². The zero-order chi connectivity index (χ0) is 11.8. The zero-order valence-corrected chi connectivity index (χ0v) is 10.1. The molecule has 0 bridgehead atoms. The van der Waals surface area contributed by atoms with Crippen LogP contribution < -0.4 is 0 Å². The second-order valence-electron chi connectivity index (χ2n) is 4.33. The quantitative estimate of drug-likeness (QED) is 0.648. The Balaban J connectivity index is 2.53. The summed E-state index contributed by atoms with van der Waals surface area (Å²) >= 11 is 0. The van der Waals surface area contributed by atoms with E-state index in [1.54, 1.807) is 7.11 Å². The van der Waals surface area contributed by atoms with Gasteiger partial charge < -0.3 is 9.30 Å². The summed E-state index contributed by atoms with van der Waals surface area (Å²) in [6, 6.07) is 14.9. The Morgan fingerprint density at radius 2 is 1.76 bits per heavy atom. The van der Waals surface area contributed by atoms with Crippen LogP contribution in [0.1, 0.15) is 5.56 Å². The van der Waals surface area contributed by atoms with Crippen LogP contribution in [0.4, 0.5) is 0 Å². The van der Waals surface area contributed by atoms with E-state index in [1.165, 1.54) is 27.4 Å². The molecule has 2 aromatic carbocycles. The highest BCUT2D eigenvalue weighted by molar-refractivity contribution is 6.08. The lowest BCUT2D eigenvalue weighted by atomic mass is 10.1. The molecule has 0 fully saturated rings. The molecule has 3 aromatic rings. The normalized spacial score (nSPS) is 11.4. The van der Waals surface area contributed by atoms with Gasteiger partial charge >= 0.3 is 0 Å². The van der Waals surface area contributed by atoms with E-state index in [-0.39, 0.29) is 0 Å². The van der Waals surface area contributed by atoms with Crippen molar-refractivity contribution in [3.05, 3.63) is 48.0 Å². The maximum atomic E-state index is 5.32. The van der Waals surface area contributed by atoms with Crippen LogP contribution in [0.25, 0.3) is 21.8 Å². The Hall–Kier alpha value is -1.80. The van der Waals surface area contributed by atoms with Gasteiger partial charge in [0.15, 0.2) is 0 Å². The molecule has 0 radical (unpaired) electrons. The molecule has 0 aliphatic carbocycles. The second kappa shape index (κ2) is 3.90. The van der Waals surface area contributed by atoms with Crippen molar-refractivity contribution in [1.29, 1.82) is 0 Å². The summed E-state index contributed by atoms with van der Waals surface area (Å²) < 4.78 is 7.56. The van der Waals surface area contributed by atoms with Crippen LogP contribution in [0.2, 0.25) is 0 Å². The first-order valence-corrected chi connectivity index (χ1v) is 5.78. The van der Waals surface area contributed by atoms with Crippen LogP contribution in [0.15, 0.2) is 42.5 Å². The molecule has 0 N–H and O–H groups in total. The summed E-state index contributed by atoms with van der Waals surface area (Å²) in [7, 11) is 1.74. The smallest absolute Gasteiger partial charge is 0.123 e. The van der Waals surface area contributed by atoms with Crippen molar-refractivity contribution in [1.82, 2.24) is 4.57 Å². The van der Waals surface area contributed by atoms with Gasteiger partial charge in [-0.15, -0.1) is 0 Å². The number of rotatable bonds is 2. The predicted octanol–water partition coefficient (Wildman–Crippen LogP) is 3.71. The average molecular weight is 225 g/mol. The Kier molecular flexibility index (Phi) is 2.37. The maximum Gasteiger partial charge on any atom is 0.123 e. The number of benzene rings is 2. The minimum absolute atomic E-state index is 0.592. The number of hydrogen-bond acceptors (Lipinski definition) is 1. The SMILES string of the molecule is COCn1c2ccccc2c2cccc(C)c21. The van der Waals surface area contributed by atoms with Gasteiger partial charge in [0.05, 0.1) is 11.0 Å². The van der Waals surface area contributed by atoms with Crippen molar-refractivity contribution < 1.29 is 4.74 Å². The van der Waals surface area contributed by atoms with Gasteiger partial charge in [0.25, 0.3) is 0 Å². The number of aromatic nitrogens is 1. The molecular weight excluding hydrogens is 210 g/mol. The number of ether oxygens (including phenoxy) is 1. The minimum atomic E-state index is 0.592. The van der Waals surface area contributed by atoms with Crippen LogP contribution >= 0.6 is 0 Å². The summed E-state index contributed by atoms with van der Waals surface area (Å²) in [5.41, 5.74) is 3.80. The molecule has 0 unspecified atom stereocenters. The molecule has 0 amide bonds. The van der Waals surface area contributed by atoms with Crippen LogP contribution in [0.3, 0.4) is 0 Å².